The van der Waals surface area contributed by atoms with Gasteiger partial charge in [0.05, 0.1) is 5.69 Å². The third-order valence-electron chi connectivity index (χ3n) is 2.75. The molecule has 0 atom stereocenters. The van der Waals surface area contributed by atoms with Crippen molar-refractivity contribution in [2.75, 3.05) is 4.72 Å². The Labute approximate surface area is 125 Å². The molecule has 0 unspecified atom stereocenters. The van der Waals surface area contributed by atoms with Crippen LogP contribution in [0, 0.1) is 19.7 Å². The van der Waals surface area contributed by atoms with Crippen molar-refractivity contribution in [1.29, 1.82) is 0 Å². The number of anilines is 1. The van der Waals surface area contributed by atoms with Gasteiger partial charge < -0.3 is 5.11 Å². The van der Waals surface area contributed by atoms with Gasteiger partial charge in [0, 0.05) is 0 Å². The fourth-order valence-corrected chi connectivity index (χ4v) is 4.52. The second-order valence-corrected chi connectivity index (χ2v) is 6.97. The van der Waals surface area contributed by atoms with Gasteiger partial charge in [-0.1, -0.05) is 6.07 Å². The molecule has 2 rings (SSSR count). The maximum atomic E-state index is 13.7. The Morgan fingerprint density at radius 2 is 2.00 bits per heavy atom. The zero-order valence-electron chi connectivity index (χ0n) is 11.2. The van der Waals surface area contributed by atoms with Crippen molar-refractivity contribution in [1.82, 2.24) is 0 Å². The van der Waals surface area contributed by atoms with Crippen LogP contribution in [0.25, 0.3) is 0 Å². The van der Waals surface area contributed by atoms with Crippen molar-refractivity contribution >= 4 is 33.0 Å². The molecule has 0 fully saturated rings. The van der Waals surface area contributed by atoms with E-state index < -0.39 is 21.8 Å². The highest BCUT2D eigenvalue weighted by Gasteiger charge is 2.27. The lowest BCUT2D eigenvalue weighted by atomic mass is 10.2. The van der Waals surface area contributed by atoms with E-state index in [1.54, 1.807) is 6.92 Å². The van der Waals surface area contributed by atoms with Gasteiger partial charge in [-0.25, -0.2) is 17.6 Å². The van der Waals surface area contributed by atoms with E-state index in [0.717, 1.165) is 17.4 Å². The van der Waals surface area contributed by atoms with Crippen LogP contribution in [-0.4, -0.2) is 19.5 Å². The highest BCUT2D eigenvalue weighted by molar-refractivity contribution is 7.93. The number of nitrogens with one attached hydrogen (secondary N) is 1. The minimum atomic E-state index is -4.18. The number of benzene rings is 1. The summed E-state index contributed by atoms with van der Waals surface area (Å²) in [7, 11) is -4.18. The average molecular weight is 329 g/mol. The third-order valence-corrected chi connectivity index (χ3v) is 5.51. The summed E-state index contributed by atoms with van der Waals surface area (Å²) in [5, 5.41) is 10.5. The molecule has 8 heteroatoms. The minimum Gasteiger partial charge on any atom is -0.477 e. The average Bonchev–Trinajstić information content (AvgIpc) is 2.76. The number of aryl methyl sites for hydroxylation is 2. The molecule has 0 aliphatic carbocycles. The van der Waals surface area contributed by atoms with Crippen LogP contribution >= 0.6 is 11.3 Å². The van der Waals surface area contributed by atoms with E-state index in [2.05, 4.69) is 4.72 Å². The van der Waals surface area contributed by atoms with E-state index in [1.165, 1.54) is 24.4 Å². The van der Waals surface area contributed by atoms with Crippen LogP contribution in [0.1, 0.15) is 20.8 Å². The van der Waals surface area contributed by atoms with Crippen LogP contribution in [0.4, 0.5) is 10.1 Å². The summed E-state index contributed by atoms with van der Waals surface area (Å²) >= 11 is 0.817. The Bertz CT molecular complexity index is 812. The van der Waals surface area contributed by atoms with Crippen molar-refractivity contribution in [3.63, 3.8) is 0 Å². The predicted octanol–water partition coefficient (Wildman–Crippen LogP) is 3.00. The molecule has 1 aromatic heterocycles. The van der Waals surface area contributed by atoms with Gasteiger partial charge >= 0.3 is 5.97 Å². The molecule has 21 heavy (non-hydrogen) atoms. The van der Waals surface area contributed by atoms with E-state index in [0.29, 0.717) is 11.1 Å². The van der Waals surface area contributed by atoms with Crippen molar-refractivity contribution in [3.05, 3.63) is 45.4 Å². The van der Waals surface area contributed by atoms with E-state index in [4.69, 9.17) is 5.11 Å². The van der Waals surface area contributed by atoms with Crippen molar-refractivity contribution in [3.8, 4) is 0 Å². The number of rotatable bonds is 4. The Morgan fingerprint density at radius 1 is 1.33 bits per heavy atom. The summed E-state index contributed by atoms with van der Waals surface area (Å²) in [5.74, 6) is -2.06. The largest absolute Gasteiger partial charge is 0.477 e. The van der Waals surface area contributed by atoms with E-state index in [9.17, 15) is 17.6 Å². The molecule has 2 N–H and O–H groups in total. The molecule has 0 saturated carbocycles. The first-order valence-electron chi connectivity index (χ1n) is 5.82. The first kappa shape index (κ1) is 15.5. The zero-order valence-corrected chi connectivity index (χ0v) is 12.8. The second kappa shape index (κ2) is 5.45. The standard InChI is InChI=1S/C13H12FNO4S2/c1-7-3-4-9(14)10(5-7)15-21(18,19)12-8(2)6-20-11(12)13(16)17/h3-6,15H,1-2H3,(H,16,17). The van der Waals surface area contributed by atoms with Gasteiger partial charge in [-0.2, -0.15) is 0 Å². The molecular weight excluding hydrogens is 317 g/mol. The molecule has 0 saturated heterocycles. The van der Waals surface area contributed by atoms with Crippen LogP contribution < -0.4 is 4.72 Å². The Hall–Kier alpha value is -1.93. The molecule has 0 aliphatic rings. The number of carboxylic acids is 1. The van der Waals surface area contributed by atoms with E-state index in [1.807, 2.05) is 0 Å². The SMILES string of the molecule is Cc1ccc(F)c(NS(=O)(=O)c2c(C)csc2C(=O)O)c1. The van der Waals surface area contributed by atoms with Gasteiger partial charge in [-0.05, 0) is 42.5 Å². The number of hydrogen-bond acceptors (Lipinski definition) is 4. The van der Waals surface area contributed by atoms with Crippen LogP contribution in [-0.2, 0) is 10.0 Å². The van der Waals surface area contributed by atoms with Gasteiger partial charge in [-0.3, -0.25) is 4.72 Å². The number of carboxylic acid groups (broad SMARTS) is 1. The maximum Gasteiger partial charge on any atom is 0.347 e. The first-order valence-corrected chi connectivity index (χ1v) is 8.19. The van der Waals surface area contributed by atoms with Crippen LogP contribution in [0.5, 0.6) is 0 Å². The number of aromatic carboxylic acids is 1. The van der Waals surface area contributed by atoms with E-state index in [-0.39, 0.29) is 15.5 Å². The summed E-state index contributed by atoms with van der Waals surface area (Å²) in [6.45, 7) is 3.18. The number of hydrogen-bond donors (Lipinski definition) is 2. The summed E-state index contributed by atoms with van der Waals surface area (Å²) in [5.41, 5.74) is 0.768. The molecule has 1 heterocycles. The van der Waals surface area contributed by atoms with Gasteiger partial charge in [0.2, 0.25) is 0 Å². The fraction of sp³-hybridized carbons (Fsp3) is 0.154. The number of sulfonamides is 1. The highest BCUT2D eigenvalue weighted by Crippen LogP contribution is 2.29. The normalized spacial score (nSPS) is 11.4. The minimum absolute atomic E-state index is 0.211. The quantitative estimate of drug-likeness (QED) is 0.903. The van der Waals surface area contributed by atoms with Gasteiger partial charge in [0.1, 0.15) is 15.6 Å². The first-order chi connectivity index (χ1) is 9.72. The van der Waals surface area contributed by atoms with Crippen molar-refractivity contribution in [2.45, 2.75) is 18.7 Å². The lowest BCUT2D eigenvalue weighted by molar-refractivity contribution is 0.0698. The van der Waals surface area contributed by atoms with Crippen molar-refractivity contribution in [2.24, 2.45) is 0 Å². The van der Waals surface area contributed by atoms with Crippen LogP contribution in [0.2, 0.25) is 0 Å². The summed E-state index contributed by atoms with van der Waals surface area (Å²) < 4.78 is 40.4. The summed E-state index contributed by atoms with van der Waals surface area (Å²) in [6, 6.07) is 3.99. The Morgan fingerprint density at radius 3 is 2.62 bits per heavy atom. The molecule has 0 radical (unpaired) electrons. The Kier molecular flexibility index (Phi) is 4.02. The molecular formula is C13H12FNO4S2. The predicted molar refractivity (Wildman–Crippen MR) is 78.0 cm³/mol. The Balaban J connectivity index is 2.51. The molecule has 0 amide bonds. The smallest absolute Gasteiger partial charge is 0.347 e. The van der Waals surface area contributed by atoms with Crippen LogP contribution in [0.3, 0.4) is 0 Å². The monoisotopic (exact) mass is 329 g/mol. The van der Waals surface area contributed by atoms with Gasteiger partial charge in [0.25, 0.3) is 10.0 Å². The highest BCUT2D eigenvalue weighted by atomic mass is 32.2. The maximum absolute atomic E-state index is 13.7. The molecule has 2 aromatic rings. The van der Waals surface area contributed by atoms with Gasteiger partial charge in [0.15, 0.2) is 0 Å². The zero-order chi connectivity index (χ0) is 15.8. The molecule has 0 aliphatic heterocycles. The van der Waals surface area contributed by atoms with Crippen molar-refractivity contribution < 1.29 is 22.7 Å². The fourth-order valence-electron chi connectivity index (χ4n) is 1.83. The molecule has 5 nitrogen and oxygen atoms in total. The molecule has 112 valence electrons. The lowest BCUT2D eigenvalue weighted by Crippen LogP contribution is -2.17. The molecule has 1 aromatic carbocycles. The third kappa shape index (κ3) is 3.06. The number of carbonyl (C=O) groups is 1. The topological polar surface area (TPSA) is 83.5 Å². The summed E-state index contributed by atoms with van der Waals surface area (Å²) in [4.78, 5) is 10.5. The molecule has 0 spiro atoms. The summed E-state index contributed by atoms with van der Waals surface area (Å²) in [6.07, 6.45) is 0. The van der Waals surface area contributed by atoms with Gasteiger partial charge in [-0.15, -0.1) is 11.3 Å². The number of halogens is 1. The van der Waals surface area contributed by atoms with Crippen LogP contribution in [0.15, 0.2) is 28.5 Å². The van der Waals surface area contributed by atoms with E-state index >= 15 is 0 Å². The lowest BCUT2D eigenvalue weighted by Gasteiger charge is -2.10. The molecule has 0 bridgehead atoms. The second-order valence-electron chi connectivity index (χ2n) is 4.47. The number of thiophene rings is 1.